The van der Waals surface area contributed by atoms with E-state index in [0.717, 1.165) is 4.88 Å². The molecule has 2 aromatic heterocycles. The van der Waals surface area contributed by atoms with Gasteiger partial charge in [0.15, 0.2) is 11.4 Å². The minimum Gasteiger partial charge on any atom is -0.478 e. The summed E-state index contributed by atoms with van der Waals surface area (Å²) in [5, 5.41) is 9.38. The predicted molar refractivity (Wildman–Crippen MR) is 97.8 cm³/mol. The van der Waals surface area contributed by atoms with Gasteiger partial charge in [0.05, 0.1) is 11.4 Å². The molecule has 0 bridgehead atoms. The summed E-state index contributed by atoms with van der Waals surface area (Å²) < 4.78 is 11.1. The number of rotatable bonds is 6. The average Bonchev–Trinajstić information content (AvgIpc) is 3.25. The lowest BCUT2D eigenvalue weighted by Crippen LogP contribution is -2.46. The highest BCUT2D eigenvalue weighted by Gasteiger charge is 2.30. The molecule has 0 aliphatic heterocycles. The van der Waals surface area contributed by atoms with E-state index in [1.165, 1.54) is 0 Å². The van der Waals surface area contributed by atoms with Crippen LogP contribution in [0.1, 0.15) is 19.5 Å². The van der Waals surface area contributed by atoms with Gasteiger partial charge >= 0.3 is 0 Å². The van der Waals surface area contributed by atoms with Crippen LogP contribution in [0.15, 0.2) is 52.4 Å². The number of halogens is 1. The van der Waals surface area contributed by atoms with Gasteiger partial charge in [-0.15, -0.1) is 11.3 Å². The van der Waals surface area contributed by atoms with Crippen molar-refractivity contribution in [1.29, 1.82) is 0 Å². The molecule has 0 aliphatic carbocycles. The van der Waals surface area contributed by atoms with E-state index in [2.05, 4.69) is 10.5 Å². The van der Waals surface area contributed by atoms with Gasteiger partial charge in [-0.2, -0.15) is 0 Å². The van der Waals surface area contributed by atoms with Crippen LogP contribution in [0.5, 0.6) is 5.75 Å². The summed E-state index contributed by atoms with van der Waals surface area (Å²) in [6, 6.07) is 12.6. The van der Waals surface area contributed by atoms with E-state index in [4.69, 9.17) is 20.9 Å². The lowest BCUT2D eigenvalue weighted by atomic mass is 10.1. The Hall–Kier alpha value is -2.31. The molecule has 25 heavy (non-hydrogen) atoms. The maximum absolute atomic E-state index is 12.4. The molecule has 0 saturated carbocycles. The molecule has 0 atom stereocenters. The minimum atomic E-state index is -1.03. The predicted octanol–water partition coefficient (Wildman–Crippen LogP) is 4.53. The van der Waals surface area contributed by atoms with E-state index in [9.17, 15) is 4.79 Å². The van der Waals surface area contributed by atoms with Crippen LogP contribution in [0, 0.1) is 0 Å². The molecule has 0 fully saturated rings. The van der Waals surface area contributed by atoms with Crippen molar-refractivity contribution < 1.29 is 14.1 Å². The topological polar surface area (TPSA) is 64.4 Å². The highest BCUT2D eigenvalue weighted by molar-refractivity contribution is 7.13. The van der Waals surface area contributed by atoms with E-state index in [0.29, 0.717) is 22.2 Å². The zero-order chi connectivity index (χ0) is 17.9. The normalized spacial score (nSPS) is 11.3. The van der Waals surface area contributed by atoms with Gasteiger partial charge in [-0.05, 0) is 49.6 Å². The number of nitrogens with one attached hydrogen (secondary N) is 1. The Labute approximate surface area is 154 Å². The van der Waals surface area contributed by atoms with E-state index in [-0.39, 0.29) is 12.5 Å². The number of aromatic nitrogens is 1. The number of thiophene rings is 1. The molecule has 2 heterocycles. The largest absolute Gasteiger partial charge is 0.478 e. The van der Waals surface area contributed by atoms with Crippen LogP contribution >= 0.6 is 22.9 Å². The smallest absolute Gasteiger partial charge is 0.263 e. The Morgan fingerprint density at radius 1 is 1.32 bits per heavy atom. The summed E-state index contributed by atoms with van der Waals surface area (Å²) >= 11 is 7.42. The van der Waals surface area contributed by atoms with Crippen LogP contribution in [0.4, 0.5) is 0 Å². The first-order valence-electron chi connectivity index (χ1n) is 7.66. The van der Waals surface area contributed by atoms with Gasteiger partial charge in [-0.25, -0.2) is 0 Å². The van der Waals surface area contributed by atoms with Crippen molar-refractivity contribution in [3.8, 4) is 16.4 Å². The third kappa shape index (κ3) is 4.41. The molecule has 0 radical (unpaired) electrons. The van der Waals surface area contributed by atoms with Crippen LogP contribution in [0.2, 0.25) is 5.02 Å². The van der Waals surface area contributed by atoms with Gasteiger partial charge in [0.25, 0.3) is 5.91 Å². The zero-order valence-electron chi connectivity index (χ0n) is 13.8. The van der Waals surface area contributed by atoms with Gasteiger partial charge < -0.3 is 14.6 Å². The summed E-state index contributed by atoms with van der Waals surface area (Å²) in [6.07, 6.45) is 0. The van der Waals surface area contributed by atoms with Crippen LogP contribution in [0.3, 0.4) is 0 Å². The lowest BCUT2D eigenvalue weighted by Gasteiger charge is -2.25. The number of amides is 1. The number of carbonyl (C=O) groups excluding carboxylic acids is 1. The first-order valence-corrected chi connectivity index (χ1v) is 8.92. The van der Waals surface area contributed by atoms with Gasteiger partial charge in [0.1, 0.15) is 11.4 Å². The van der Waals surface area contributed by atoms with Gasteiger partial charge in [0.2, 0.25) is 0 Å². The second kappa shape index (κ2) is 7.29. The average molecular weight is 377 g/mol. The fourth-order valence-corrected chi connectivity index (χ4v) is 2.96. The molecular formula is C18H17ClN2O3S. The van der Waals surface area contributed by atoms with Crippen molar-refractivity contribution in [1.82, 2.24) is 10.5 Å². The van der Waals surface area contributed by atoms with Gasteiger partial charge in [0, 0.05) is 11.1 Å². The second-order valence-corrected chi connectivity index (χ2v) is 7.29. The molecule has 7 heteroatoms. The van der Waals surface area contributed by atoms with Crippen molar-refractivity contribution >= 4 is 28.8 Å². The number of hydrogen-bond acceptors (Lipinski definition) is 5. The third-order valence-corrected chi connectivity index (χ3v) is 4.62. The lowest BCUT2D eigenvalue weighted by molar-refractivity contribution is -0.134. The summed E-state index contributed by atoms with van der Waals surface area (Å²) in [7, 11) is 0. The number of nitrogens with zero attached hydrogens (tertiary/aromatic N) is 1. The van der Waals surface area contributed by atoms with E-state index < -0.39 is 5.60 Å². The van der Waals surface area contributed by atoms with Crippen molar-refractivity contribution in [2.45, 2.75) is 26.0 Å². The minimum absolute atomic E-state index is 0.247. The van der Waals surface area contributed by atoms with Crippen LogP contribution in [-0.4, -0.2) is 16.7 Å². The third-order valence-electron chi connectivity index (χ3n) is 3.49. The molecule has 3 aromatic rings. The molecule has 1 aromatic carbocycles. The standard InChI is InChI=1S/C18H17ClN2O3S/c1-18(2,23-14-7-5-12(19)6-8-14)17(22)20-11-13-10-15(24-21-13)16-4-3-9-25-16/h3-10H,11H2,1-2H3,(H,20,22). The number of hydrogen-bond donors (Lipinski definition) is 1. The van der Waals surface area contributed by atoms with Crippen molar-refractivity contribution in [2.24, 2.45) is 0 Å². The van der Waals surface area contributed by atoms with E-state index >= 15 is 0 Å². The highest BCUT2D eigenvalue weighted by atomic mass is 35.5. The SMILES string of the molecule is CC(C)(Oc1ccc(Cl)cc1)C(=O)NCc1cc(-c2cccs2)on1. The molecule has 130 valence electrons. The molecule has 0 aliphatic rings. The second-order valence-electron chi connectivity index (χ2n) is 5.91. The van der Waals surface area contributed by atoms with Crippen LogP contribution in [-0.2, 0) is 11.3 Å². The fraction of sp³-hybridized carbons (Fsp3) is 0.222. The highest BCUT2D eigenvalue weighted by Crippen LogP contribution is 2.25. The number of ether oxygens (including phenoxy) is 1. The molecule has 1 N–H and O–H groups in total. The van der Waals surface area contributed by atoms with Crippen molar-refractivity contribution in [3.05, 3.63) is 58.6 Å². The summed E-state index contributed by atoms with van der Waals surface area (Å²) in [5.41, 5.74) is -0.382. The maximum atomic E-state index is 12.4. The molecular weight excluding hydrogens is 360 g/mol. The van der Waals surface area contributed by atoms with E-state index in [1.807, 2.05) is 23.6 Å². The summed E-state index contributed by atoms with van der Waals surface area (Å²) in [6.45, 7) is 3.68. The first-order chi connectivity index (χ1) is 11.9. The first kappa shape index (κ1) is 17.5. The van der Waals surface area contributed by atoms with Crippen LogP contribution < -0.4 is 10.1 Å². The van der Waals surface area contributed by atoms with Gasteiger partial charge in [-0.3, -0.25) is 4.79 Å². The Bertz CT molecular complexity index is 842. The van der Waals surface area contributed by atoms with Gasteiger partial charge in [-0.1, -0.05) is 22.8 Å². The monoisotopic (exact) mass is 376 g/mol. The molecule has 0 spiro atoms. The van der Waals surface area contributed by atoms with E-state index in [1.54, 1.807) is 49.4 Å². The molecule has 5 nitrogen and oxygen atoms in total. The quantitative estimate of drug-likeness (QED) is 0.686. The Kier molecular flexibility index (Phi) is 5.11. The molecule has 3 rings (SSSR count). The summed E-state index contributed by atoms with van der Waals surface area (Å²) in [5.74, 6) is 1.02. The number of carbonyl (C=O) groups is 1. The fourth-order valence-electron chi connectivity index (χ4n) is 2.16. The molecule has 0 unspecified atom stereocenters. The van der Waals surface area contributed by atoms with Crippen molar-refractivity contribution in [3.63, 3.8) is 0 Å². The molecule has 1 amide bonds. The van der Waals surface area contributed by atoms with Crippen molar-refractivity contribution in [2.75, 3.05) is 0 Å². The molecule has 0 saturated heterocycles. The Morgan fingerprint density at radius 2 is 2.08 bits per heavy atom. The summed E-state index contributed by atoms with van der Waals surface area (Å²) in [4.78, 5) is 13.4. The van der Waals surface area contributed by atoms with Crippen LogP contribution in [0.25, 0.3) is 10.6 Å². The maximum Gasteiger partial charge on any atom is 0.263 e. The number of benzene rings is 1. The zero-order valence-corrected chi connectivity index (χ0v) is 15.4. The Morgan fingerprint density at radius 3 is 2.76 bits per heavy atom. The Balaban J connectivity index is 1.58.